The molecule has 0 spiro atoms. The third kappa shape index (κ3) is 6.42. The van der Waals surface area contributed by atoms with Crippen LogP contribution in [0.5, 0.6) is 5.75 Å². The highest BCUT2D eigenvalue weighted by Gasteiger charge is 2.08. The van der Waals surface area contributed by atoms with Gasteiger partial charge in [-0.25, -0.2) is 0 Å². The first-order valence-corrected chi connectivity index (χ1v) is 8.27. The molecule has 1 unspecified atom stereocenters. The maximum Gasteiger partial charge on any atom is 0.119 e. The van der Waals surface area contributed by atoms with Crippen LogP contribution in [0.4, 0.5) is 0 Å². The van der Waals surface area contributed by atoms with Crippen LogP contribution in [0.2, 0.25) is 0 Å². The van der Waals surface area contributed by atoms with Gasteiger partial charge in [-0.05, 0) is 43.5 Å². The summed E-state index contributed by atoms with van der Waals surface area (Å²) in [6.07, 6.45) is 7.25. The maximum absolute atomic E-state index is 5.75. The highest BCUT2D eigenvalue weighted by Crippen LogP contribution is 2.20. The minimum atomic E-state index is 0.468. The van der Waals surface area contributed by atoms with Gasteiger partial charge in [0.2, 0.25) is 0 Å². The molecule has 0 aliphatic rings. The first-order valence-electron chi connectivity index (χ1n) is 8.27. The molecule has 0 heterocycles. The molecule has 0 aliphatic carbocycles. The third-order valence-electron chi connectivity index (χ3n) is 3.63. The smallest absolute Gasteiger partial charge is 0.119 e. The second kappa shape index (κ2) is 10.7. The van der Waals surface area contributed by atoms with E-state index in [0.717, 1.165) is 31.7 Å². The molecule has 1 atom stereocenters. The molecular weight excluding hydrogens is 246 g/mol. The van der Waals surface area contributed by atoms with Crippen molar-refractivity contribution in [3.63, 3.8) is 0 Å². The maximum atomic E-state index is 5.75. The average Bonchev–Trinajstić information content (AvgIpc) is 2.49. The van der Waals surface area contributed by atoms with Crippen LogP contribution in [-0.4, -0.2) is 13.2 Å². The molecule has 0 fully saturated rings. The summed E-state index contributed by atoms with van der Waals surface area (Å²) < 4.78 is 5.75. The van der Waals surface area contributed by atoms with Gasteiger partial charge >= 0.3 is 0 Å². The van der Waals surface area contributed by atoms with Crippen molar-refractivity contribution in [3.8, 4) is 5.75 Å². The quantitative estimate of drug-likeness (QED) is 0.568. The summed E-state index contributed by atoms with van der Waals surface area (Å²) in [7, 11) is 0. The van der Waals surface area contributed by atoms with Crippen molar-refractivity contribution in [1.82, 2.24) is 5.32 Å². The Bertz CT molecular complexity index is 334. The third-order valence-corrected chi connectivity index (χ3v) is 3.63. The molecule has 0 saturated heterocycles. The average molecular weight is 277 g/mol. The van der Waals surface area contributed by atoms with Gasteiger partial charge in [0, 0.05) is 6.04 Å². The predicted molar refractivity (Wildman–Crippen MR) is 87.4 cm³/mol. The predicted octanol–water partition coefficient (Wildman–Crippen LogP) is 5.10. The van der Waals surface area contributed by atoms with Crippen molar-refractivity contribution in [3.05, 3.63) is 29.8 Å². The van der Waals surface area contributed by atoms with Crippen molar-refractivity contribution >= 4 is 0 Å². The van der Waals surface area contributed by atoms with E-state index in [1.807, 2.05) is 0 Å². The lowest BCUT2D eigenvalue weighted by atomic mass is 10.0. The topological polar surface area (TPSA) is 21.3 Å². The van der Waals surface area contributed by atoms with Crippen LogP contribution in [0.25, 0.3) is 0 Å². The summed E-state index contributed by atoms with van der Waals surface area (Å²) in [6, 6.07) is 9.07. The molecule has 1 aromatic carbocycles. The molecule has 0 radical (unpaired) electrons. The number of hydrogen-bond acceptors (Lipinski definition) is 2. The standard InChI is InChI=1S/C18H31NO/c1-4-7-9-15-20-17-12-10-16(11-13-17)18(6-3)19-14-8-5-2/h10-13,18-19H,4-9,14-15H2,1-3H3. The first-order chi connectivity index (χ1) is 9.81. The van der Waals surface area contributed by atoms with E-state index in [1.165, 1.54) is 31.2 Å². The van der Waals surface area contributed by atoms with E-state index in [9.17, 15) is 0 Å². The van der Waals surface area contributed by atoms with Crippen LogP contribution in [-0.2, 0) is 0 Å². The van der Waals surface area contributed by atoms with Crippen molar-refractivity contribution in [2.24, 2.45) is 0 Å². The van der Waals surface area contributed by atoms with Crippen molar-refractivity contribution in [2.75, 3.05) is 13.2 Å². The van der Waals surface area contributed by atoms with Crippen LogP contribution in [0.15, 0.2) is 24.3 Å². The van der Waals surface area contributed by atoms with Gasteiger partial charge in [0.05, 0.1) is 6.61 Å². The van der Waals surface area contributed by atoms with E-state index in [-0.39, 0.29) is 0 Å². The van der Waals surface area contributed by atoms with Crippen molar-refractivity contribution in [1.29, 1.82) is 0 Å². The Morgan fingerprint density at radius 1 is 0.950 bits per heavy atom. The number of benzene rings is 1. The Hall–Kier alpha value is -1.02. The summed E-state index contributed by atoms with van der Waals surface area (Å²) in [5.41, 5.74) is 1.37. The normalized spacial score (nSPS) is 12.3. The Morgan fingerprint density at radius 3 is 2.25 bits per heavy atom. The fourth-order valence-electron chi connectivity index (χ4n) is 2.29. The molecule has 0 aliphatic heterocycles. The summed E-state index contributed by atoms with van der Waals surface area (Å²) >= 11 is 0. The molecule has 1 rings (SSSR count). The molecule has 1 aromatic rings. The number of rotatable bonds is 11. The Labute approximate surface area is 124 Å². The Kier molecular flexibility index (Phi) is 9.14. The van der Waals surface area contributed by atoms with Crippen LogP contribution >= 0.6 is 0 Å². The monoisotopic (exact) mass is 277 g/mol. The van der Waals surface area contributed by atoms with E-state index in [0.29, 0.717) is 6.04 Å². The lowest BCUT2D eigenvalue weighted by molar-refractivity contribution is 0.306. The summed E-state index contributed by atoms with van der Waals surface area (Å²) in [5, 5.41) is 3.63. The first kappa shape index (κ1) is 17.0. The van der Waals surface area contributed by atoms with E-state index < -0.39 is 0 Å². The lowest BCUT2D eigenvalue weighted by Gasteiger charge is -2.17. The number of unbranched alkanes of at least 4 members (excludes halogenated alkanes) is 3. The van der Waals surface area contributed by atoms with Gasteiger partial charge in [-0.15, -0.1) is 0 Å². The lowest BCUT2D eigenvalue weighted by Crippen LogP contribution is -2.21. The highest BCUT2D eigenvalue weighted by atomic mass is 16.5. The van der Waals surface area contributed by atoms with Gasteiger partial charge in [-0.3, -0.25) is 0 Å². The van der Waals surface area contributed by atoms with Gasteiger partial charge in [0.25, 0.3) is 0 Å². The van der Waals surface area contributed by atoms with Gasteiger partial charge < -0.3 is 10.1 Å². The van der Waals surface area contributed by atoms with E-state index in [1.54, 1.807) is 0 Å². The van der Waals surface area contributed by atoms with Gasteiger partial charge in [-0.2, -0.15) is 0 Å². The van der Waals surface area contributed by atoms with Crippen LogP contribution in [0.1, 0.15) is 70.9 Å². The van der Waals surface area contributed by atoms with Crippen LogP contribution < -0.4 is 10.1 Å². The van der Waals surface area contributed by atoms with E-state index >= 15 is 0 Å². The second-order valence-corrected chi connectivity index (χ2v) is 5.39. The SMILES string of the molecule is CCCCCOc1ccc(C(CC)NCCCC)cc1. The number of ether oxygens (including phenoxy) is 1. The van der Waals surface area contributed by atoms with Crippen LogP contribution in [0.3, 0.4) is 0 Å². The molecule has 0 amide bonds. The van der Waals surface area contributed by atoms with Crippen molar-refractivity contribution in [2.45, 2.75) is 65.3 Å². The molecule has 114 valence electrons. The largest absolute Gasteiger partial charge is 0.494 e. The molecular formula is C18H31NO. The van der Waals surface area contributed by atoms with Gasteiger partial charge in [0.1, 0.15) is 5.75 Å². The molecule has 20 heavy (non-hydrogen) atoms. The zero-order chi connectivity index (χ0) is 14.6. The van der Waals surface area contributed by atoms with Crippen LogP contribution in [0, 0.1) is 0 Å². The number of nitrogens with one attached hydrogen (secondary N) is 1. The Balaban J connectivity index is 2.42. The fraction of sp³-hybridized carbons (Fsp3) is 0.667. The molecule has 2 nitrogen and oxygen atoms in total. The second-order valence-electron chi connectivity index (χ2n) is 5.39. The minimum absolute atomic E-state index is 0.468. The van der Waals surface area contributed by atoms with E-state index in [4.69, 9.17) is 4.74 Å². The van der Waals surface area contributed by atoms with E-state index in [2.05, 4.69) is 50.4 Å². The Morgan fingerprint density at radius 2 is 1.65 bits per heavy atom. The molecule has 1 N–H and O–H groups in total. The summed E-state index contributed by atoms with van der Waals surface area (Å²) in [6.45, 7) is 8.61. The minimum Gasteiger partial charge on any atom is -0.494 e. The fourth-order valence-corrected chi connectivity index (χ4v) is 2.29. The number of hydrogen-bond donors (Lipinski definition) is 1. The van der Waals surface area contributed by atoms with Crippen molar-refractivity contribution < 1.29 is 4.74 Å². The van der Waals surface area contributed by atoms with Gasteiger partial charge in [0.15, 0.2) is 0 Å². The summed E-state index contributed by atoms with van der Waals surface area (Å²) in [4.78, 5) is 0. The molecule has 0 aromatic heterocycles. The molecule has 2 heteroatoms. The zero-order valence-electron chi connectivity index (χ0n) is 13.5. The zero-order valence-corrected chi connectivity index (χ0v) is 13.5. The molecule has 0 bridgehead atoms. The molecule has 0 saturated carbocycles. The van der Waals surface area contributed by atoms with Gasteiger partial charge in [-0.1, -0.05) is 52.2 Å². The summed E-state index contributed by atoms with van der Waals surface area (Å²) in [5.74, 6) is 0.994. The highest BCUT2D eigenvalue weighted by molar-refractivity contribution is 5.29.